The Balaban J connectivity index is 2.16. The lowest BCUT2D eigenvalue weighted by atomic mass is 9.99. The van der Waals surface area contributed by atoms with Crippen molar-refractivity contribution in [1.82, 2.24) is 0 Å². The highest BCUT2D eigenvalue weighted by Crippen LogP contribution is 2.30. The van der Waals surface area contributed by atoms with E-state index in [1.54, 1.807) is 26.4 Å². The zero-order chi connectivity index (χ0) is 14.5. The second kappa shape index (κ2) is 6.30. The summed E-state index contributed by atoms with van der Waals surface area (Å²) in [6, 6.07) is 12.6. The molecule has 2 rings (SSSR count). The Kier molecular flexibility index (Phi) is 4.48. The van der Waals surface area contributed by atoms with Gasteiger partial charge in [0, 0.05) is 6.04 Å². The largest absolute Gasteiger partial charge is 0.508 e. The lowest BCUT2D eigenvalue weighted by molar-refractivity contribution is 0.354. The molecule has 2 aromatic carbocycles. The highest BCUT2D eigenvalue weighted by molar-refractivity contribution is 5.44. The molecule has 0 aromatic heterocycles. The van der Waals surface area contributed by atoms with Crippen LogP contribution in [0.3, 0.4) is 0 Å². The first-order valence-electron chi connectivity index (χ1n) is 6.39. The molecule has 20 heavy (non-hydrogen) atoms. The van der Waals surface area contributed by atoms with Crippen LogP contribution in [0.4, 0.5) is 0 Å². The molecular weight excluding hydrogens is 254 g/mol. The topological polar surface area (TPSA) is 64.7 Å². The van der Waals surface area contributed by atoms with E-state index < -0.39 is 0 Å². The number of methoxy groups -OCH3 is 2. The predicted molar refractivity (Wildman–Crippen MR) is 78.3 cm³/mol. The molecule has 4 nitrogen and oxygen atoms in total. The number of aromatic hydroxyl groups is 1. The molecule has 0 aliphatic carbocycles. The summed E-state index contributed by atoms with van der Waals surface area (Å²) in [7, 11) is 3.21. The Morgan fingerprint density at radius 3 is 2.25 bits per heavy atom. The molecule has 0 spiro atoms. The average molecular weight is 273 g/mol. The number of nitrogens with two attached hydrogens (primary N) is 1. The van der Waals surface area contributed by atoms with Crippen molar-refractivity contribution < 1.29 is 14.6 Å². The number of hydrogen-bond donors (Lipinski definition) is 2. The number of rotatable bonds is 5. The molecule has 2 aromatic rings. The summed E-state index contributed by atoms with van der Waals surface area (Å²) in [4.78, 5) is 0. The van der Waals surface area contributed by atoms with Gasteiger partial charge < -0.3 is 20.3 Å². The van der Waals surface area contributed by atoms with E-state index in [1.165, 1.54) is 0 Å². The van der Waals surface area contributed by atoms with Gasteiger partial charge in [0.05, 0.1) is 14.2 Å². The van der Waals surface area contributed by atoms with Crippen molar-refractivity contribution in [2.45, 2.75) is 12.5 Å². The molecule has 1 atom stereocenters. The van der Waals surface area contributed by atoms with Gasteiger partial charge >= 0.3 is 0 Å². The fourth-order valence-corrected chi connectivity index (χ4v) is 2.09. The Labute approximate surface area is 118 Å². The maximum atomic E-state index is 9.27. The molecule has 0 saturated heterocycles. The number of phenolic OH excluding ortho intramolecular Hbond substituents is 1. The summed E-state index contributed by atoms with van der Waals surface area (Å²) in [5, 5.41) is 9.27. The van der Waals surface area contributed by atoms with Crippen molar-refractivity contribution >= 4 is 0 Å². The van der Waals surface area contributed by atoms with E-state index >= 15 is 0 Å². The van der Waals surface area contributed by atoms with Gasteiger partial charge in [-0.15, -0.1) is 0 Å². The molecule has 0 heterocycles. The van der Waals surface area contributed by atoms with Crippen LogP contribution in [0.1, 0.15) is 17.2 Å². The van der Waals surface area contributed by atoms with Crippen LogP contribution < -0.4 is 15.2 Å². The highest BCUT2D eigenvalue weighted by atomic mass is 16.5. The Bertz CT molecular complexity index is 566. The second-order valence-electron chi connectivity index (χ2n) is 4.59. The third-order valence-corrected chi connectivity index (χ3v) is 3.23. The summed E-state index contributed by atoms with van der Waals surface area (Å²) in [6.45, 7) is 0. The van der Waals surface area contributed by atoms with Crippen LogP contribution in [0.5, 0.6) is 17.2 Å². The van der Waals surface area contributed by atoms with Gasteiger partial charge in [-0.2, -0.15) is 0 Å². The van der Waals surface area contributed by atoms with Crippen LogP contribution in [-0.2, 0) is 6.42 Å². The van der Waals surface area contributed by atoms with Gasteiger partial charge in [0.2, 0.25) is 0 Å². The first kappa shape index (κ1) is 14.2. The third-order valence-electron chi connectivity index (χ3n) is 3.23. The molecule has 0 bridgehead atoms. The van der Waals surface area contributed by atoms with E-state index in [-0.39, 0.29) is 11.8 Å². The van der Waals surface area contributed by atoms with E-state index in [2.05, 4.69) is 0 Å². The summed E-state index contributed by atoms with van der Waals surface area (Å²) < 4.78 is 10.5. The zero-order valence-electron chi connectivity index (χ0n) is 11.7. The minimum Gasteiger partial charge on any atom is -0.508 e. The average Bonchev–Trinajstić information content (AvgIpc) is 2.48. The van der Waals surface area contributed by atoms with Crippen molar-refractivity contribution in [3.8, 4) is 17.2 Å². The van der Waals surface area contributed by atoms with Crippen LogP contribution in [0.2, 0.25) is 0 Å². The van der Waals surface area contributed by atoms with Crippen molar-refractivity contribution in [2.75, 3.05) is 14.2 Å². The summed E-state index contributed by atoms with van der Waals surface area (Å²) >= 11 is 0. The lowest BCUT2D eigenvalue weighted by Gasteiger charge is -2.15. The first-order valence-corrected chi connectivity index (χ1v) is 6.39. The normalized spacial score (nSPS) is 11.9. The standard InChI is InChI=1S/C16H19NO3/c1-19-15-8-5-12(10-16(15)20-2)14(17)9-11-3-6-13(18)7-4-11/h3-8,10,14,18H,9,17H2,1-2H3. The van der Waals surface area contributed by atoms with Crippen molar-refractivity contribution in [3.05, 3.63) is 53.6 Å². The van der Waals surface area contributed by atoms with Crippen LogP contribution in [-0.4, -0.2) is 19.3 Å². The van der Waals surface area contributed by atoms with Gasteiger partial charge in [0.1, 0.15) is 5.75 Å². The SMILES string of the molecule is COc1ccc(C(N)Cc2ccc(O)cc2)cc1OC. The van der Waals surface area contributed by atoms with Gasteiger partial charge in [-0.05, 0) is 41.8 Å². The van der Waals surface area contributed by atoms with Gasteiger partial charge in [-0.25, -0.2) is 0 Å². The highest BCUT2D eigenvalue weighted by Gasteiger charge is 2.11. The van der Waals surface area contributed by atoms with Crippen LogP contribution in [0, 0.1) is 0 Å². The van der Waals surface area contributed by atoms with Gasteiger partial charge in [0.25, 0.3) is 0 Å². The van der Waals surface area contributed by atoms with Gasteiger partial charge in [-0.1, -0.05) is 18.2 Å². The molecule has 3 N–H and O–H groups in total. The molecular formula is C16H19NO3. The third kappa shape index (κ3) is 3.22. The van der Waals surface area contributed by atoms with Gasteiger partial charge in [0.15, 0.2) is 11.5 Å². The fraction of sp³-hybridized carbons (Fsp3) is 0.250. The number of hydrogen-bond acceptors (Lipinski definition) is 4. The Morgan fingerprint density at radius 2 is 1.65 bits per heavy atom. The molecule has 106 valence electrons. The molecule has 0 aliphatic heterocycles. The summed E-state index contributed by atoms with van der Waals surface area (Å²) in [5.74, 6) is 1.62. The van der Waals surface area contributed by atoms with Crippen LogP contribution in [0.25, 0.3) is 0 Å². The maximum absolute atomic E-state index is 9.27. The van der Waals surface area contributed by atoms with E-state index in [4.69, 9.17) is 15.2 Å². The molecule has 1 unspecified atom stereocenters. The fourth-order valence-electron chi connectivity index (χ4n) is 2.09. The minimum absolute atomic E-state index is 0.139. The van der Waals surface area contributed by atoms with Crippen molar-refractivity contribution in [2.24, 2.45) is 5.73 Å². The molecule has 0 radical (unpaired) electrons. The number of phenols is 1. The first-order chi connectivity index (χ1) is 9.63. The van der Waals surface area contributed by atoms with Crippen molar-refractivity contribution in [3.63, 3.8) is 0 Å². The smallest absolute Gasteiger partial charge is 0.161 e. The van der Waals surface area contributed by atoms with E-state index in [1.807, 2.05) is 30.3 Å². The zero-order valence-corrected chi connectivity index (χ0v) is 11.7. The Morgan fingerprint density at radius 1 is 1.00 bits per heavy atom. The van der Waals surface area contributed by atoms with E-state index in [0.29, 0.717) is 17.9 Å². The number of benzene rings is 2. The monoisotopic (exact) mass is 273 g/mol. The van der Waals surface area contributed by atoms with E-state index in [9.17, 15) is 5.11 Å². The van der Waals surface area contributed by atoms with Crippen LogP contribution >= 0.6 is 0 Å². The van der Waals surface area contributed by atoms with Crippen LogP contribution in [0.15, 0.2) is 42.5 Å². The minimum atomic E-state index is -0.139. The number of ether oxygens (including phenoxy) is 2. The summed E-state index contributed by atoms with van der Waals surface area (Å²) in [5.41, 5.74) is 8.28. The molecule has 0 amide bonds. The lowest BCUT2D eigenvalue weighted by Crippen LogP contribution is -2.13. The van der Waals surface area contributed by atoms with E-state index in [0.717, 1.165) is 11.1 Å². The molecule has 0 aliphatic rings. The van der Waals surface area contributed by atoms with Gasteiger partial charge in [-0.3, -0.25) is 0 Å². The molecule has 4 heteroatoms. The second-order valence-corrected chi connectivity index (χ2v) is 4.59. The summed E-state index contributed by atoms with van der Waals surface area (Å²) in [6.07, 6.45) is 0.690. The predicted octanol–water partition coefficient (Wildman–Crippen LogP) is 2.65. The quantitative estimate of drug-likeness (QED) is 0.879. The van der Waals surface area contributed by atoms with Crippen molar-refractivity contribution in [1.29, 1.82) is 0 Å². The molecule has 0 saturated carbocycles. The Hall–Kier alpha value is -2.20. The molecule has 0 fully saturated rings. The maximum Gasteiger partial charge on any atom is 0.161 e.